The van der Waals surface area contributed by atoms with Crippen molar-refractivity contribution >= 4 is 42.6 Å². The Balaban J connectivity index is 1.87. The van der Waals surface area contributed by atoms with Crippen molar-refractivity contribution in [3.63, 3.8) is 0 Å². The van der Waals surface area contributed by atoms with E-state index < -0.39 is 22.0 Å². The van der Waals surface area contributed by atoms with Gasteiger partial charge in [0.05, 0.1) is 4.90 Å². The van der Waals surface area contributed by atoms with E-state index in [1.54, 1.807) is 12.1 Å². The lowest BCUT2D eigenvalue weighted by molar-refractivity contribution is -0.130. The first-order valence-electron chi connectivity index (χ1n) is 8.08. The number of rotatable bonds is 6. The van der Waals surface area contributed by atoms with Crippen LogP contribution in [0.15, 0.2) is 76.1 Å². The molecule has 3 N–H and O–H groups in total. The van der Waals surface area contributed by atoms with Gasteiger partial charge in [0.25, 0.3) is 5.91 Å². The van der Waals surface area contributed by atoms with E-state index in [1.807, 2.05) is 42.5 Å². The fourth-order valence-electron chi connectivity index (χ4n) is 2.74. The molecule has 0 fully saturated rings. The number of amides is 1. The molecule has 0 bridgehead atoms. The molecule has 0 radical (unpaired) electrons. The van der Waals surface area contributed by atoms with E-state index in [2.05, 4.69) is 20.7 Å². The van der Waals surface area contributed by atoms with Crippen molar-refractivity contribution in [2.75, 3.05) is 0 Å². The molecular formula is C19H17BrN2O4S. The molecule has 8 heteroatoms. The molecule has 0 saturated carbocycles. The number of halogens is 1. The van der Waals surface area contributed by atoms with Gasteiger partial charge in [0.15, 0.2) is 0 Å². The Morgan fingerprint density at radius 3 is 2.33 bits per heavy atom. The Bertz CT molecular complexity index is 1070. The minimum Gasteiger partial charge on any atom is -0.289 e. The molecule has 0 aliphatic rings. The van der Waals surface area contributed by atoms with Crippen molar-refractivity contribution in [1.29, 1.82) is 0 Å². The van der Waals surface area contributed by atoms with Gasteiger partial charge in [-0.1, -0.05) is 58.4 Å². The molecule has 0 saturated heterocycles. The third-order valence-electron chi connectivity index (χ3n) is 4.10. The van der Waals surface area contributed by atoms with Crippen LogP contribution in [0.3, 0.4) is 0 Å². The second-order valence-electron chi connectivity index (χ2n) is 5.99. The monoisotopic (exact) mass is 448 g/mol. The Labute approximate surface area is 165 Å². The van der Waals surface area contributed by atoms with E-state index in [9.17, 15) is 13.2 Å². The average Bonchev–Trinajstić information content (AvgIpc) is 2.67. The van der Waals surface area contributed by atoms with Crippen LogP contribution in [0.1, 0.15) is 5.56 Å². The van der Waals surface area contributed by atoms with Crippen LogP contribution in [0.4, 0.5) is 0 Å². The van der Waals surface area contributed by atoms with Crippen LogP contribution < -0.4 is 10.2 Å². The highest BCUT2D eigenvalue weighted by Gasteiger charge is 2.26. The summed E-state index contributed by atoms with van der Waals surface area (Å²) in [6.45, 7) is 0. The molecule has 27 heavy (non-hydrogen) atoms. The summed E-state index contributed by atoms with van der Waals surface area (Å²) in [4.78, 5) is 12.1. The van der Waals surface area contributed by atoms with Crippen LogP contribution >= 0.6 is 15.9 Å². The number of benzene rings is 3. The number of hydrogen-bond acceptors (Lipinski definition) is 4. The number of hydrogen-bond donors (Lipinski definition) is 3. The van der Waals surface area contributed by atoms with Gasteiger partial charge >= 0.3 is 0 Å². The lowest BCUT2D eigenvalue weighted by atomic mass is 10.0. The topological polar surface area (TPSA) is 95.5 Å². The van der Waals surface area contributed by atoms with E-state index >= 15 is 0 Å². The molecule has 1 amide bonds. The second kappa shape index (κ2) is 8.18. The summed E-state index contributed by atoms with van der Waals surface area (Å²) < 4.78 is 28.3. The van der Waals surface area contributed by atoms with Crippen molar-refractivity contribution in [3.05, 3.63) is 76.8 Å². The van der Waals surface area contributed by atoms with Gasteiger partial charge in [0.2, 0.25) is 10.0 Å². The SMILES string of the molecule is O=C(NO)[C@@H](Cc1ccc2ccccc2c1)NS(=O)(=O)c1ccc(Br)cc1. The van der Waals surface area contributed by atoms with Gasteiger partial charge in [0, 0.05) is 4.47 Å². The van der Waals surface area contributed by atoms with Crippen molar-refractivity contribution in [3.8, 4) is 0 Å². The van der Waals surface area contributed by atoms with E-state index in [0.29, 0.717) is 0 Å². The maximum absolute atomic E-state index is 12.6. The van der Waals surface area contributed by atoms with Gasteiger partial charge in [-0.2, -0.15) is 4.72 Å². The molecule has 3 aromatic rings. The molecule has 3 rings (SSSR count). The lowest BCUT2D eigenvalue weighted by Gasteiger charge is -2.17. The normalized spacial score (nSPS) is 12.7. The van der Waals surface area contributed by atoms with Gasteiger partial charge in [-0.05, 0) is 47.0 Å². The summed E-state index contributed by atoms with van der Waals surface area (Å²) in [5.74, 6) is -0.830. The largest absolute Gasteiger partial charge is 0.289 e. The van der Waals surface area contributed by atoms with Crippen LogP contribution in [-0.4, -0.2) is 25.6 Å². The van der Waals surface area contributed by atoms with Gasteiger partial charge in [0.1, 0.15) is 6.04 Å². The fourth-order valence-corrected chi connectivity index (χ4v) is 4.20. The molecule has 0 aromatic heterocycles. The first kappa shape index (κ1) is 19.5. The van der Waals surface area contributed by atoms with Crippen LogP contribution in [0.2, 0.25) is 0 Å². The average molecular weight is 449 g/mol. The maximum atomic E-state index is 12.6. The Morgan fingerprint density at radius 1 is 1.00 bits per heavy atom. The van der Waals surface area contributed by atoms with Gasteiger partial charge in [-0.25, -0.2) is 13.9 Å². The van der Waals surface area contributed by atoms with E-state index in [4.69, 9.17) is 5.21 Å². The molecule has 1 atom stereocenters. The molecular weight excluding hydrogens is 432 g/mol. The quantitative estimate of drug-likeness (QED) is 0.398. The Hall–Kier alpha value is -2.26. The highest BCUT2D eigenvalue weighted by atomic mass is 79.9. The minimum absolute atomic E-state index is 0.0277. The van der Waals surface area contributed by atoms with Crippen LogP contribution in [0, 0.1) is 0 Å². The molecule has 0 aliphatic heterocycles. The Morgan fingerprint density at radius 2 is 1.67 bits per heavy atom. The number of carbonyl (C=O) groups is 1. The zero-order valence-electron chi connectivity index (χ0n) is 14.1. The molecule has 140 valence electrons. The Kier molecular flexibility index (Phi) is 5.91. The molecule has 6 nitrogen and oxygen atoms in total. The molecule has 0 unspecified atom stereocenters. The fraction of sp³-hybridized carbons (Fsp3) is 0.105. The molecule has 0 spiro atoms. The zero-order valence-corrected chi connectivity index (χ0v) is 16.5. The van der Waals surface area contributed by atoms with E-state index in [1.165, 1.54) is 17.6 Å². The summed E-state index contributed by atoms with van der Waals surface area (Å²) in [6, 6.07) is 18.2. The van der Waals surface area contributed by atoms with Crippen LogP contribution in [0.5, 0.6) is 0 Å². The lowest BCUT2D eigenvalue weighted by Crippen LogP contribution is -2.47. The smallest absolute Gasteiger partial charge is 0.261 e. The van der Waals surface area contributed by atoms with E-state index in [0.717, 1.165) is 20.8 Å². The van der Waals surface area contributed by atoms with Crippen molar-refractivity contribution < 1.29 is 18.4 Å². The predicted octanol–water partition coefficient (Wildman–Crippen LogP) is 3.00. The third-order valence-corrected chi connectivity index (χ3v) is 6.12. The van der Waals surface area contributed by atoms with Gasteiger partial charge in [-0.3, -0.25) is 10.0 Å². The number of carbonyl (C=O) groups excluding carboxylic acids is 1. The molecule has 0 heterocycles. The number of nitrogens with one attached hydrogen (secondary N) is 2. The minimum atomic E-state index is -3.94. The van der Waals surface area contributed by atoms with Crippen molar-refractivity contribution in [2.45, 2.75) is 17.4 Å². The standard InChI is InChI=1S/C19H17BrN2O4S/c20-16-7-9-17(10-8-16)27(25,26)22-18(19(23)21-24)12-13-5-6-14-3-1-2-4-15(14)11-13/h1-11,18,22,24H,12H2,(H,21,23)/t18-/m1/s1. The maximum Gasteiger partial charge on any atom is 0.261 e. The summed E-state index contributed by atoms with van der Waals surface area (Å²) in [5, 5.41) is 11.0. The number of fused-ring (bicyclic) bond motifs is 1. The summed E-state index contributed by atoms with van der Waals surface area (Å²) in [5.41, 5.74) is 2.30. The van der Waals surface area contributed by atoms with Crippen LogP contribution in [0.25, 0.3) is 10.8 Å². The summed E-state index contributed by atoms with van der Waals surface area (Å²) in [6.07, 6.45) is 0.0903. The number of hydroxylamine groups is 1. The first-order valence-corrected chi connectivity index (χ1v) is 10.4. The zero-order chi connectivity index (χ0) is 19.4. The molecule has 0 aliphatic carbocycles. The summed E-state index contributed by atoms with van der Waals surface area (Å²) in [7, 11) is -3.94. The van der Waals surface area contributed by atoms with E-state index in [-0.39, 0.29) is 11.3 Å². The predicted molar refractivity (Wildman–Crippen MR) is 106 cm³/mol. The highest BCUT2D eigenvalue weighted by molar-refractivity contribution is 9.10. The van der Waals surface area contributed by atoms with Crippen LogP contribution in [-0.2, 0) is 21.2 Å². The number of sulfonamides is 1. The molecule has 3 aromatic carbocycles. The third kappa shape index (κ3) is 4.72. The van der Waals surface area contributed by atoms with Crippen molar-refractivity contribution in [2.24, 2.45) is 0 Å². The van der Waals surface area contributed by atoms with Crippen molar-refractivity contribution in [1.82, 2.24) is 10.2 Å². The first-order chi connectivity index (χ1) is 12.9. The van der Waals surface area contributed by atoms with Gasteiger partial charge < -0.3 is 0 Å². The highest BCUT2D eigenvalue weighted by Crippen LogP contribution is 2.18. The van der Waals surface area contributed by atoms with Gasteiger partial charge in [-0.15, -0.1) is 0 Å². The summed E-state index contributed by atoms with van der Waals surface area (Å²) >= 11 is 3.25. The second-order valence-corrected chi connectivity index (χ2v) is 8.62.